The molecule has 1 N–H and O–H groups in total. The topological polar surface area (TPSA) is 51.2 Å². The Bertz CT molecular complexity index is 423. The fourth-order valence-electron chi connectivity index (χ4n) is 0.947. The van der Waals surface area contributed by atoms with Crippen LogP contribution in [-0.4, -0.2) is 24.0 Å². The van der Waals surface area contributed by atoms with E-state index in [2.05, 4.69) is 22.1 Å². The van der Waals surface area contributed by atoms with Crippen molar-refractivity contribution in [2.75, 3.05) is 13.2 Å². The minimum Gasteiger partial charge on any atom is -0.475 e. The van der Waals surface area contributed by atoms with Crippen LogP contribution >= 0.6 is 11.6 Å². The van der Waals surface area contributed by atoms with Gasteiger partial charge in [-0.25, -0.2) is 4.98 Å². The van der Waals surface area contributed by atoms with E-state index in [1.54, 1.807) is 25.3 Å². The Morgan fingerprint density at radius 3 is 3.19 bits per heavy atom. The summed E-state index contributed by atoms with van der Waals surface area (Å²) in [7, 11) is 0. The van der Waals surface area contributed by atoms with Gasteiger partial charge in [0.15, 0.2) is 0 Å². The van der Waals surface area contributed by atoms with E-state index in [4.69, 9.17) is 16.3 Å². The molecule has 0 fully saturated rings. The summed E-state index contributed by atoms with van der Waals surface area (Å²) in [4.78, 5) is 14.9. The van der Waals surface area contributed by atoms with E-state index in [-0.39, 0.29) is 5.91 Å². The van der Waals surface area contributed by atoms with Crippen molar-refractivity contribution in [3.63, 3.8) is 0 Å². The van der Waals surface area contributed by atoms with Crippen LogP contribution < -0.4 is 10.1 Å². The van der Waals surface area contributed by atoms with Gasteiger partial charge >= 0.3 is 0 Å². The first-order valence-electron chi connectivity index (χ1n) is 4.68. The number of nitrogens with zero attached hydrogens (tertiary/aromatic N) is 1. The van der Waals surface area contributed by atoms with E-state index in [0.717, 1.165) is 0 Å². The van der Waals surface area contributed by atoms with E-state index in [1.807, 2.05) is 0 Å². The number of carbonyl (C=O) groups is 1. The van der Waals surface area contributed by atoms with Gasteiger partial charge < -0.3 is 10.1 Å². The summed E-state index contributed by atoms with van der Waals surface area (Å²) in [6.45, 7) is 2.26. The fraction of sp³-hybridized carbons (Fsp3) is 0.273. The molecular weight excluding hydrogens is 228 g/mol. The molecule has 0 aliphatic heterocycles. The van der Waals surface area contributed by atoms with Gasteiger partial charge in [-0.1, -0.05) is 17.5 Å². The van der Waals surface area contributed by atoms with Crippen LogP contribution in [0.25, 0.3) is 0 Å². The van der Waals surface area contributed by atoms with Crippen molar-refractivity contribution in [1.82, 2.24) is 10.3 Å². The molecule has 0 saturated heterocycles. The Morgan fingerprint density at radius 2 is 2.50 bits per heavy atom. The van der Waals surface area contributed by atoms with Crippen LogP contribution in [0.4, 0.5) is 0 Å². The SMILES string of the molecule is CC#CC(=O)NCCOc1ncccc1Cl. The largest absolute Gasteiger partial charge is 0.475 e. The van der Waals surface area contributed by atoms with Crippen LogP contribution in [0.5, 0.6) is 5.88 Å². The Morgan fingerprint density at radius 1 is 1.69 bits per heavy atom. The molecule has 0 spiro atoms. The molecule has 1 rings (SSSR count). The Balaban J connectivity index is 2.28. The van der Waals surface area contributed by atoms with Crippen molar-refractivity contribution in [2.24, 2.45) is 0 Å². The highest BCUT2D eigenvalue weighted by atomic mass is 35.5. The molecule has 1 aromatic heterocycles. The number of ether oxygens (including phenoxy) is 1. The van der Waals surface area contributed by atoms with Crippen molar-refractivity contribution in [1.29, 1.82) is 0 Å². The lowest BCUT2D eigenvalue weighted by atomic mass is 10.5. The number of aromatic nitrogens is 1. The average molecular weight is 239 g/mol. The monoisotopic (exact) mass is 238 g/mol. The zero-order valence-electron chi connectivity index (χ0n) is 8.79. The molecular formula is C11H11ClN2O2. The van der Waals surface area contributed by atoms with Crippen LogP contribution in [0.15, 0.2) is 18.3 Å². The molecule has 1 aromatic rings. The number of rotatable bonds is 4. The Hall–Kier alpha value is -1.73. The first-order chi connectivity index (χ1) is 7.74. The highest BCUT2D eigenvalue weighted by Gasteiger charge is 2.01. The minimum atomic E-state index is -0.321. The third kappa shape index (κ3) is 4.20. The second-order valence-electron chi connectivity index (χ2n) is 2.77. The molecule has 0 saturated carbocycles. The smallest absolute Gasteiger partial charge is 0.295 e. The normalized spacial score (nSPS) is 8.88. The molecule has 0 atom stereocenters. The summed E-state index contributed by atoms with van der Waals surface area (Å²) in [5, 5.41) is 3.01. The number of nitrogens with one attached hydrogen (secondary N) is 1. The maximum absolute atomic E-state index is 10.9. The van der Waals surface area contributed by atoms with Crippen molar-refractivity contribution in [3.8, 4) is 17.7 Å². The average Bonchev–Trinajstić information content (AvgIpc) is 2.27. The van der Waals surface area contributed by atoms with E-state index in [9.17, 15) is 4.79 Å². The van der Waals surface area contributed by atoms with E-state index in [0.29, 0.717) is 24.1 Å². The second-order valence-corrected chi connectivity index (χ2v) is 3.18. The number of pyridine rings is 1. The van der Waals surface area contributed by atoms with Crippen LogP contribution in [0.2, 0.25) is 5.02 Å². The third-order valence-electron chi connectivity index (χ3n) is 1.59. The maximum atomic E-state index is 10.9. The van der Waals surface area contributed by atoms with E-state index >= 15 is 0 Å². The molecule has 0 aliphatic rings. The molecule has 0 unspecified atom stereocenters. The molecule has 0 radical (unpaired) electrons. The predicted octanol–water partition coefficient (Wildman–Crippen LogP) is 1.25. The third-order valence-corrected chi connectivity index (χ3v) is 1.88. The van der Waals surface area contributed by atoms with Crippen molar-refractivity contribution in [3.05, 3.63) is 23.4 Å². The zero-order valence-corrected chi connectivity index (χ0v) is 9.54. The lowest BCUT2D eigenvalue weighted by Gasteiger charge is -2.05. The fourth-order valence-corrected chi connectivity index (χ4v) is 1.12. The summed E-state index contributed by atoms with van der Waals surface area (Å²) in [5.74, 6) is 4.90. The van der Waals surface area contributed by atoms with Gasteiger partial charge in [-0.3, -0.25) is 4.79 Å². The first-order valence-corrected chi connectivity index (χ1v) is 5.05. The Labute approximate surface area is 99.0 Å². The van der Waals surface area contributed by atoms with Gasteiger partial charge in [-0.05, 0) is 25.0 Å². The molecule has 1 heterocycles. The van der Waals surface area contributed by atoms with Gasteiger partial charge in [0, 0.05) is 6.20 Å². The van der Waals surface area contributed by atoms with E-state index < -0.39 is 0 Å². The van der Waals surface area contributed by atoms with E-state index in [1.165, 1.54) is 0 Å². The summed E-state index contributed by atoms with van der Waals surface area (Å²) in [6, 6.07) is 3.40. The molecule has 4 nitrogen and oxygen atoms in total. The molecule has 1 amide bonds. The summed E-state index contributed by atoms with van der Waals surface area (Å²) >= 11 is 5.82. The lowest BCUT2D eigenvalue weighted by Crippen LogP contribution is -2.26. The number of halogens is 1. The molecule has 0 aromatic carbocycles. The number of hydrogen-bond acceptors (Lipinski definition) is 3. The van der Waals surface area contributed by atoms with Crippen LogP contribution in [-0.2, 0) is 4.79 Å². The number of hydrogen-bond donors (Lipinski definition) is 1. The van der Waals surface area contributed by atoms with Gasteiger partial charge in [-0.15, -0.1) is 0 Å². The van der Waals surface area contributed by atoms with Gasteiger partial charge in [0.1, 0.15) is 11.6 Å². The van der Waals surface area contributed by atoms with Crippen LogP contribution in [0, 0.1) is 11.8 Å². The highest BCUT2D eigenvalue weighted by molar-refractivity contribution is 6.31. The summed E-state index contributed by atoms with van der Waals surface area (Å²) in [5.41, 5.74) is 0. The quantitative estimate of drug-likeness (QED) is 0.635. The molecule has 0 bridgehead atoms. The van der Waals surface area contributed by atoms with Crippen molar-refractivity contribution < 1.29 is 9.53 Å². The zero-order chi connectivity index (χ0) is 11.8. The van der Waals surface area contributed by atoms with Crippen LogP contribution in [0.3, 0.4) is 0 Å². The first kappa shape index (κ1) is 12.3. The van der Waals surface area contributed by atoms with Crippen molar-refractivity contribution in [2.45, 2.75) is 6.92 Å². The lowest BCUT2D eigenvalue weighted by molar-refractivity contribution is -0.115. The highest BCUT2D eigenvalue weighted by Crippen LogP contribution is 2.19. The van der Waals surface area contributed by atoms with Gasteiger partial charge in [0.2, 0.25) is 5.88 Å². The van der Waals surface area contributed by atoms with Gasteiger partial charge in [0.25, 0.3) is 5.91 Å². The molecule has 5 heteroatoms. The number of amides is 1. The number of carbonyl (C=O) groups excluding carboxylic acids is 1. The molecule has 0 aliphatic carbocycles. The van der Waals surface area contributed by atoms with Gasteiger partial charge in [0.05, 0.1) is 6.54 Å². The predicted molar refractivity (Wildman–Crippen MR) is 61.2 cm³/mol. The van der Waals surface area contributed by atoms with Crippen LogP contribution in [0.1, 0.15) is 6.92 Å². The molecule has 84 valence electrons. The second kappa shape index (κ2) is 6.70. The standard InChI is InChI=1S/C11H11ClN2O2/c1-2-4-10(15)13-7-8-16-11-9(12)5-3-6-14-11/h3,5-6H,7-8H2,1H3,(H,13,15). The Kier molecular flexibility index (Phi) is 5.17. The van der Waals surface area contributed by atoms with Gasteiger partial charge in [-0.2, -0.15) is 0 Å². The summed E-state index contributed by atoms with van der Waals surface area (Å²) in [6.07, 6.45) is 1.59. The minimum absolute atomic E-state index is 0.299. The molecule has 16 heavy (non-hydrogen) atoms. The van der Waals surface area contributed by atoms with Crippen molar-refractivity contribution >= 4 is 17.5 Å². The summed E-state index contributed by atoms with van der Waals surface area (Å²) < 4.78 is 5.26. The maximum Gasteiger partial charge on any atom is 0.295 e.